The van der Waals surface area contributed by atoms with Gasteiger partial charge in [0.1, 0.15) is 0 Å². The Hall–Kier alpha value is -1.27. The first kappa shape index (κ1) is 25.0. The van der Waals surface area contributed by atoms with E-state index in [0.29, 0.717) is 0 Å². The molecular weight excluding hydrogens is 486 g/mol. The Morgan fingerprint density at radius 1 is 0.600 bits per heavy atom. The van der Waals surface area contributed by atoms with Gasteiger partial charge < -0.3 is 0 Å². The van der Waals surface area contributed by atoms with Crippen molar-refractivity contribution in [2.24, 2.45) is 0 Å². The molecule has 2 aromatic rings. The van der Waals surface area contributed by atoms with Crippen LogP contribution in [0.1, 0.15) is 51.7 Å². The SMILES string of the molecule is CC1=C(C)C[C]([Zr]([C]2=CC(C)=C(C)C2)=[C](c2ccccc2)c2ccccc2)=C1.Cl.Cl. The molecule has 2 aliphatic rings. The molecule has 0 saturated carbocycles. The van der Waals surface area contributed by atoms with Gasteiger partial charge in [-0.15, -0.1) is 24.8 Å². The van der Waals surface area contributed by atoms with Crippen LogP contribution in [0.4, 0.5) is 0 Å². The number of hydrogen-bond acceptors (Lipinski definition) is 0. The van der Waals surface area contributed by atoms with Crippen LogP contribution in [0.3, 0.4) is 0 Å². The number of halogens is 2. The van der Waals surface area contributed by atoms with Crippen molar-refractivity contribution in [3.8, 4) is 0 Å². The summed E-state index contributed by atoms with van der Waals surface area (Å²) in [5.41, 5.74) is 8.88. The average Bonchev–Trinajstić information content (AvgIpc) is 3.22. The van der Waals surface area contributed by atoms with Crippen LogP contribution in [-0.2, 0) is 21.3 Å². The van der Waals surface area contributed by atoms with Gasteiger partial charge in [0.25, 0.3) is 0 Å². The summed E-state index contributed by atoms with van der Waals surface area (Å²) in [4.78, 5) is 0. The van der Waals surface area contributed by atoms with Crippen LogP contribution >= 0.6 is 24.8 Å². The molecule has 0 bridgehead atoms. The number of hydrogen-bond donors (Lipinski definition) is 0. The molecule has 0 atom stereocenters. The molecule has 0 unspecified atom stereocenters. The second-order valence-corrected chi connectivity index (χ2v) is 14.3. The fourth-order valence-corrected chi connectivity index (χ4v) is 13.0. The van der Waals surface area contributed by atoms with Crippen molar-refractivity contribution < 1.29 is 21.3 Å². The second-order valence-electron chi connectivity index (χ2n) is 8.10. The van der Waals surface area contributed by atoms with Crippen LogP contribution < -0.4 is 0 Å². The molecule has 30 heavy (non-hydrogen) atoms. The summed E-state index contributed by atoms with van der Waals surface area (Å²) >= 11 is -2.27. The standard InChI is InChI=1S/C13H10.2C7H9.2ClH.Zr/c1-3-7-12(8-4-1)11-13-9-5-2-6-10-13;2*1-6-4-3-5-7(6)2;;;/h1-10H;2*4H,5H2,1-2H3;2*1H;. The Bertz CT molecular complexity index is 983. The van der Waals surface area contributed by atoms with Crippen molar-refractivity contribution in [3.63, 3.8) is 0 Å². The smallest absolute Gasteiger partial charge is 0.147 e. The average molecular weight is 517 g/mol. The topological polar surface area (TPSA) is 0 Å². The van der Waals surface area contributed by atoms with E-state index in [2.05, 4.69) is 101 Å². The molecule has 156 valence electrons. The van der Waals surface area contributed by atoms with Crippen LogP contribution in [0.25, 0.3) is 0 Å². The van der Waals surface area contributed by atoms with E-state index in [-0.39, 0.29) is 24.8 Å². The summed E-state index contributed by atoms with van der Waals surface area (Å²) in [6.45, 7) is 9.18. The summed E-state index contributed by atoms with van der Waals surface area (Å²) in [6.07, 6.45) is 7.39. The molecule has 0 radical (unpaired) electrons. The molecule has 0 heterocycles. The third kappa shape index (κ3) is 5.13. The summed E-state index contributed by atoms with van der Waals surface area (Å²) in [6, 6.07) is 22.3. The molecule has 0 nitrogen and oxygen atoms in total. The van der Waals surface area contributed by atoms with E-state index in [1.807, 2.05) is 0 Å². The minimum Gasteiger partial charge on any atom is -0.147 e. The molecule has 2 aromatic carbocycles. The van der Waals surface area contributed by atoms with Gasteiger partial charge in [0.05, 0.1) is 0 Å². The third-order valence-corrected chi connectivity index (χ3v) is 13.4. The zero-order valence-corrected chi connectivity index (χ0v) is 22.2. The van der Waals surface area contributed by atoms with Crippen molar-refractivity contribution in [3.05, 3.63) is 113 Å². The second kappa shape index (κ2) is 10.9. The number of rotatable bonds is 4. The van der Waals surface area contributed by atoms with Gasteiger partial charge in [-0.05, 0) is 0 Å². The molecule has 0 aliphatic heterocycles. The van der Waals surface area contributed by atoms with Crippen LogP contribution in [0.2, 0.25) is 0 Å². The Labute approximate surface area is 201 Å². The van der Waals surface area contributed by atoms with Gasteiger partial charge in [0, 0.05) is 0 Å². The van der Waals surface area contributed by atoms with Crippen molar-refractivity contribution >= 4 is 28.0 Å². The molecule has 0 N–H and O–H groups in total. The molecule has 2 aliphatic carbocycles. The van der Waals surface area contributed by atoms with E-state index in [0.717, 1.165) is 0 Å². The van der Waals surface area contributed by atoms with Crippen molar-refractivity contribution in [2.45, 2.75) is 40.5 Å². The number of allylic oxidation sites excluding steroid dienone is 8. The van der Waals surface area contributed by atoms with Gasteiger partial charge in [-0.25, -0.2) is 0 Å². The maximum Gasteiger partial charge on any atom is -0.147 e. The Morgan fingerprint density at radius 2 is 0.967 bits per heavy atom. The number of benzene rings is 2. The van der Waals surface area contributed by atoms with Crippen molar-refractivity contribution in [1.82, 2.24) is 0 Å². The Morgan fingerprint density at radius 3 is 1.27 bits per heavy atom. The van der Waals surface area contributed by atoms with E-state index >= 15 is 0 Å². The zero-order valence-electron chi connectivity index (χ0n) is 18.2. The monoisotopic (exact) mass is 514 g/mol. The normalized spacial score (nSPS) is 15.3. The summed E-state index contributed by atoms with van der Waals surface area (Å²) in [7, 11) is 0. The van der Waals surface area contributed by atoms with Gasteiger partial charge in [-0.2, -0.15) is 0 Å². The van der Waals surface area contributed by atoms with E-state index in [4.69, 9.17) is 0 Å². The first-order valence-electron chi connectivity index (χ1n) is 10.1. The Kier molecular flexibility index (Phi) is 9.04. The molecule has 4 rings (SSSR count). The maximum atomic E-state index is 2.53. The van der Waals surface area contributed by atoms with E-state index in [1.54, 1.807) is 20.9 Å². The van der Waals surface area contributed by atoms with Crippen LogP contribution in [-0.4, -0.2) is 3.21 Å². The van der Waals surface area contributed by atoms with Gasteiger partial charge in [-0.3, -0.25) is 0 Å². The van der Waals surface area contributed by atoms with Gasteiger partial charge in [0.15, 0.2) is 0 Å². The molecule has 0 spiro atoms. The Balaban J connectivity index is 0.00000160. The van der Waals surface area contributed by atoms with E-state index < -0.39 is 21.3 Å². The molecule has 3 heteroatoms. The van der Waals surface area contributed by atoms with Gasteiger partial charge >= 0.3 is 178 Å². The van der Waals surface area contributed by atoms with Gasteiger partial charge in [0.2, 0.25) is 0 Å². The summed E-state index contributed by atoms with van der Waals surface area (Å²) in [5, 5.41) is 0. The molecule has 0 amide bonds. The molecule has 0 fully saturated rings. The van der Waals surface area contributed by atoms with Gasteiger partial charge in [-0.1, -0.05) is 0 Å². The fourth-order valence-electron chi connectivity index (χ4n) is 4.23. The van der Waals surface area contributed by atoms with Crippen LogP contribution in [0.15, 0.2) is 102 Å². The summed E-state index contributed by atoms with van der Waals surface area (Å²) in [5.74, 6) is 0. The fraction of sp³-hybridized carbons (Fsp3) is 0.222. The third-order valence-electron chi connectivity index (χ3n) is 6.06. The zero-order chi connectivity index (χ0) is 19.7. The predicted octanol–water partition coefficient (Wildman–Crippen LogP) is 7.97. The molecule has 0 saturated heterocycles. The molecular formula is C27H30Cl2Zr. The van der Waals surface area contributed by atoms with Crippen molar-refractivity contribution in [2.75, 3.05) is 0 Å². The minimum absolute atomic E-state index is 0. The summed E-state index contributed by atoms with van der Waals surface area (Å²) < 4.78 is 5.09. The first-order valence-corrected chi connectivity index (χ1v) is 13.8. The largest absolute Gasteiger partial charge is 0.147 e. The quantitative estimate of drug-likeness (QED) is 0.387. The van der Waals surface area contributed by atoms with E-state index in [9.17, 15) is 0 Å². The predicted molar refractivity (Wildman–Crippen MR) is 133 cm³/mol. The minimum atomic E-state index is -2.27. The first-order chi connectivity index (χ1) is 13.5. The van der Waals surface area contributed by atoms with Crippen LogP contribution in [0, 0.1) is 0 Å². The van der Waals surface area contributed by atoms with E-state index in [1.165, 1.54) is 35.1 Å². The molecule has 0 aromatic heterocycles. The van der Waals surface area contributed by atoms with Crippen LogP contribution in [0.5, 0.6) is 0 Å². The van der Waals surface area contributed by atoms with Crippen molar-refractivity contribution in [1.29, 1.82) is 0 Å². The maximum absolute atomic E-state index is 2.53.